The number of hydrogen-bond donors (Lipinski definition) is 1. The Morgan fingerprint density at radius 2 is 1.85 bits per heavy atom. The van der Waals surface area contributed by atoms with Crippen LogP contribution in [-0.2, 0) is 0 Å². The molecule has 2 heteroatoms. The van der Waals surface area contributed by atoms with Gasteiger partial charge in [-0.05, 0) is 32.9 Å². The zero-order valence-corrected chi connectivity index (χ0v) is 8.76. The van der Waals surface area contributed by atoms with Gasteiger partial charge in [-0.3, -0.25) is 0 Å². The Labute approximate surface area is 81.7 Å². The Balaban J connectivity index is 1.70. The highest BCUT2D eigenvalue weighted by atomic mass is 15.2. The van der Waals surface area contributed by atoms with Crippen molar-refractivity contribution in [2.24, 2.45) is 0 Å². The lowest BCUT2D eigenvalue weighted by Gasteiger charge is -2.37. The summed E-state index contributed by atoms with van der Waals surface area (Å²) in [7, 11) is 2.30. The van der Waals surface area contributed by atoms with Crippen LogP contribution in [0.3, 0.4) is 0 Å². The molecule has 76 valence electrons. The van der Waals surface area contributed by atoms with E-state index >= 15 is 0 Å². The third-order valence-corrected chi connectivity index (χ3v) is 3.63. The smallest absolute Gasteiger partial charge is 0.0207 e. The standard InChI is InChI=1S/C11H22N2/c1-13(9-10-7-8-12-10)11-5-3-2-4-6-11/h10-12H,2-9H2,1H3. The van der Waals surface area contributed by atoms with Crippen LogP contribution in [0, 0.1) is 0 Å². The summed E-state index contributed by atoms with van der Waals surface area (Å²) in [5.41, 5.74) is 0. The van der Waals surface area contributed by atoms with Crippen LogP contribution in [0.5, 0.6) is 0 Å². The summed E-state index contributed by atoms with van der Waals surface area (Å²) in [6.07, 6.45) is 8.62. The van der Waals surface area contributed by atoms with Crippen molar-refractivity contribution in [3.8, 4) is 0 Å². The number of nitrogens with one attached hydrogen (secondary N) is 1. The summed E-state index contributed by atoms with van der Waals surface area (Å²) in [5, 5.41) is 3.47. The highest BCUT2D eigenvalue weighted by Crippen LogP contribution is 2.22. The maximum absolute atomic E-state index is 3.47. The number of nitrogens with zero attached hydrogens (tertiary/aromatic N) is 1. The zero-order chi connectivity index (χ0) is 9.10. The van der Waals surface area contributed by atoms with Gasteiger partial charge in [-0.2, -0.15) is 0 Å². The lowest BCUT2D eigenvalue weighted by atomic mass is 9.94. The van der Waals surface area contributed by atoms with E-state index in [1.165, 1.54) is 51.6 Å². The fourth-order valence-electron chi connectivity index (χ4n) is 2.52. The van der Waals surface area contributed by atoms with Gasteiger partial charge in [0.25, 0.3) is 0 Å². The topological polar surface area (TPSA) is 15.3 Å². The van der Waals surface area contributed by atoms with Gasteiger partial charge in [0.05, 0.1) is 0 Å². The number of likely N-dealkylation sites (N-methyl/N-ethyl adjacent to an activating group) is 1. The molecular weight excluding hydrogens is 160 g/mol. The van der Waals surface area contributed by atoms with Gasteiger partial charge >= 0.3 is 0 Å². The Morgan fingerprint density at radius 1 is 1.15 bits per heavy atom. The van der Waals surface area contributed by atoms with Crippen molar-refractivity contribution in [3.63, 3.8) is 0 Å². The van der Waals surface area contributed by atoms with Crippen LogP contribution < -0.4 is 5.32 Å². The molecule has 2 fully saturated rings. The molecule has 1 N–H and O–H groups in total. The summed E-state index contributed by atoms with van der Waals surface area (Å²) in [6, 6.07) is 1.68. The highest BCUT2D eigenvalue weighted by Gasteiger charge is 2.23. The summed E-state index contributed by atoms with van der Waals surface area (Å²) in [4.78, 5) is 2.58. The fourth-order valence-corrected chi connectivity index (χ4v) is 2.52. The van der Waals surface area contributed by atoms with Crippen LogP contribution in [-0.4, -0.2) is 37.1 Å². The second-order valence-electron chi connectivity index (χ2n) is 4.67. The average Bonchev–Trinajstić information content (AvgIpc) is 2.12. The molecule has 1 unspecified atom stereocenters. The van der Waals surface area contributed by atoms with Gasteiger partial charge in [0.2, 0.25) is 0 Å². The molecule has 13 heavy (non-hydrogen) atoms. The van der Waals surface area contributed by atoms with E-state index < -0.39 is 0 Å². The molecule has 1 saturated heterocycles. The molecule has 1 saturated carbocycles. The first kappa shape index (κ1) is 9.47. The minimum atomic E-state index is 0.798. The van der Waals surface area contributed by atoms with Gasteiger partial charge in [-0.15, -0.1) is 0 Å². The molecule has 1 aliphatic heterocycles. The Hall–Kier alpha value is -0.0800. The molecule has 0 amide bonds. The first-order chi connectivity index (χ1) is 6.36. The molecule has 2 rings (SSSR count). The molecular formula is C11H22N2. The molecule has 1 aliphatic carbocycles. The molecule has 0 aromatic carbocycles. The largest absolute Gasteiger partial charge is 0.313 e. The maximum atomic E-state index is 3.47. The first-order valence-electron chi connectivity index (χ1n) is 5.80. The fraction of sp³-hybridized carbons (Fsp3) is 1.00. The summed E-state index contributed by atoms with van der Waals surface area (Å²) < 4.78 is 0. The number of rotatable bonds is 3. The van der Waals surface area contributed by atoms with E-state index in [9.17, 15) is 0 Å². The summed E-state index contributed by atoms with van der Waals surface area (Å²) in [6.45, 7) is 2.51. The van der Waals surface area contributed by atoms with Crippen molar-refractivity contribution in [3.05, 3.63) is 0 Å². The molecule has 1 heterocycles. The van der Waals surface area contributed by atoms with Crippen LogP contribution in [0.25, 0.3) is 0 Å². The zero-order valence-electron chi connectivity index (χ0n) is 8.76. The molecule has 1 atom stereocenters. The average molecular weight is 182 g/mol. The van der Waals surface area contributed by atoms with Crippen LogP contribution in [0.2, 0.25) is 0 Å². The third-order valence-electron chi connectivity index (χ3n) is 3.63. The van der Waals surface area contributed by atoms with E-state index in [0.29, 0.717) is 0 Å². The SMILES string of the molecule is CN(CC1CCN1)C1CCCCC1. The normalized spacial score (nSPS) is 30.5. The predicted octanol–water partition coefficient (Wildman–Crippen LogP) is 1.61. The Bertz CT molecular complexity index is 148. The quantitative estimate of drug-likeness (QED) is 0.713. The summed E-state index contributed by atoms with van der Waals surface area (Å²) in [5.74, 6) is 0. The monoisotopic (exact) mass is 182 g/mol. The van der Waals surface area contributed by atoms with Crippen molar-refractivity contribution in [1.82, 2.24) is 10.2 Å². The van der Waals surface area contributed by atoms with Gasteiger partial charge in [0.15, 0.2) is 0 Å². The molecule has 0 spiro atoms. The van der Waals surface area contributed by atoms with Gasteiger partial charge in [0.1, 0.15) is 0 Å². The van der Waals surface area contributed by atoms with E-state index in [-0.39, 0.29) is 0 Å². The van der Waals surface area contributed by atoms with E-state index in [4.69, 9.17) is 0 Å². The van der Waals surface area contributed by atoms with Crippen molar-refractivity contribution < 1.29 is 0 Å². The summed E-state index contributed by atoms with van der Waals surface area (Å²) >= 11 is 0. The Kier molecular flexibility index (Phi) is 3.23. The molecule has 2 nitrogen and oxygen atoms in total. The van der Waals surface area contributed by atoms with Crippen molar-refractivity contribution in [2.45, 2.75) is 50.6 Å². The molecule has 0 radical (unpaired) electrons. The predicted molar refractivity (Wildman–Crippen MR) is 55.9 cm³/mol. The van der Waals surface area contributed by atoms with E-state index in [0.717, 1.165) is 12.1 Å². The van der Waals surface area contributed by atoms with Gasteiger partial charge in [-0.1, -0.05) is 19.3 Å². The minimum Gasteiger partial charge on any atom is -0.313 e. The van der Waals surface area contributed by atoms with Crippen molar-refractivity contribution in [2.75, 3.05) is 20.1 Å². The van der Waals surface area contributed by atoms with Crippen molar-refractivity contribution in [1.29, 1.82) is 0 Å². The first-order valence-corrected chi connectivity index (χ1v) is 5.80. The van der Waals surface area contributed by atoms with Crippen LogP contribution in [0.15, 0.2) is 0 Å². The molecule has 0 aromatic rings. The Morgan fingerprint density at radius 3 is 2.38 bits per heavy atom. The van der Waals surface area contributed by atoms with Crippen LogP contribution in [0.4, 0.5) is 0 Å². The van der Waals surface area contributed by atoms with Crippen LogP contribution in [0.1, 0.15) is 38.5 Å². The third kappa shape index (κ3) is 2.44. The van der Waals surface area contributed by atoms with Gasteiger partial charge in [0, 0.05) is 18.6 Å². The minimum absolute atomic E-state index is 0.798. The number of hydrogen-bond acceptors (Lipinski definition) is 2. The van der Waals surface area contributed by atoms with E-state index in [1.807, 2.05) is 0 Å². The second kappa shape index (κ2) is 4.43. The molecule has 0 aromatic heterocycles. The van der Waals surface area contributed by atoms with E-state index in [1.54, 1.807) is 0 Å². The lowest BCUT2D eigenvalue weighted by molar-refractivity contribution is 0.156. The van der Waals surface area contributed by atoms with Crippen LogP contribution >= 0.6 is 0 Å². The van der Waals surface area contributed by atoms with Gasteiger partial charge in [-0.25, -0.2) is 0 Å². The second-order valence-corrected chi connectivity index (χ2v) is 4.67. The van der Waals surface area contributed by atoms with Crippen molar-refractivity contribution >= 4 is 0 Å². The highest BCUT2D eigenvalue weighted by molar-refractivity contribution is 4.83. The van der Waals surface area contributed by atoms with Gasteiger partial charge < -0.3 is 10.2 Å². The van der Waals surface area contributed by atoms with E-state index in [2.05, 4.69) is 17.3 Å². The lowest BCUT2D eigenvalue weighted by Crippen LogP contribution is -2.51. The molecule has 0 bridgehead atoms. The molecule has 2 aliphatic rings. The maximum Gasteiger partial charge on any atom is 0.0207 e.